The van der Waals surface area contributed by atoms with Crippen LogP contribution in [-0.4, -0.2) is 62.2 Å². The lowest BCUT2D eigenvalue weighted by atomic mass is 10.1. The second-order valence-electron chi connectivity index (χ2n) is 8.86. The summed E-state index contributed by atoms with van der Waals surface area (Å²) < 4.78 is 43.8. The number of amides is 1. The summed E-state index contributed by atoms with van der Waals surface area (Å²) in [7, 11) is 1.68. The number of carbonyl (C=O) groups is 1. The largest absolute Gasteiger partial charge is 0.416 e. The Labute approximate surface area is 234 Å². The summed E-state index contributed by atoms with van der Waals surface area (Å²) in [6.07, 6.45) is -4.87. The molecule has 1 unspecified atom stereocenters. The summed E-state index contributed by atoms with van der Waals surface area (Å²) in [4.78, 5) is 30.3. The summed E-state index contributed by atoms with van der Waals surface area (Å²) in [5.74, 6) is 0.0439. The van der Waals surface area contributed by atoms with Crippen LogP contribution in [0.3, 0.4) is 0 Å². The summed E-state index contributed by atoms with van der Waals surface area (Å²) in [5, 5.41) is 25.4. The number of aliphatic hydroxyl groups is 1. The molecule has 0 saturated carbocycles. The van der Waals surface area contributed by atoms with Gasteiger partial charge in [-0.25, -0.2) is 19.1 Å². The van der Waals surface area contributed by atoms with Crippen LogP contribution in [0.5, 0.6) is 0 Å². The van der Waals surface area contributed by atoms with Crippen molar-refractivity contribution in [3.63, 3.8) is 0 Å². The molecule has 0 aliphatic rings. The number of para-hydroxylation sites is 1. The van der Waals surface area contributed by atoms with E-state index in [1.807, 2.05) is 0 Å². The summed E-state index contributed by atoms with van der Waals surface area (Å²) in [5.41, 5.74) is 0.0636. The first-order valence-electron chi connectivity index (χ1n) is 12.0. The Hall–Kier alpha value is -4.76. The highest BCUT2D eigenvalue weighted by Crippen LogP contribution is 2.24. The maximum atomic E-state index is 13.1. The van der Waals surface area contributed by atoms with Crippen LogP contribution in [0.1, 0.15) is 16.2 Å². The molecule has 3 heterocycles. The molecule has 1 atom stereocenters. The third-order valence-corrected chi connectivity index (χ3v) is 6.30. The Morgan fingerprint density at radius 3 is 2.51 bits per heavy atom. The second kappa shape index (κ2) is 11.0. The van der Waals surface area contributed by atoms with Crippen molar-refractivity contribution in [2.45, 2.75) is 25.4 Å². The molecule has 1 amide bonds. The summed E-state index contributed by atoms with van der Waals surface area (Å²) >= 11 is 5.92. The van der Waals surface area contributed by atoms with E-state index in [1.165, 1.54) is 46.2 Å². The molecule has 212 valence electrons. The number of rotatable bonds is 8. The maximum Gasteiger partial charge on any atom is 0.416 e. The normalized spacial score (nSPS) is 12.4. The molecule has 0 bridgehead atoms. The maximum absolute atomic E-state index is 13.1. The topological polar surface area (TPSA) is 138 Å². The molecule has 5 rings (SSSR count). The van der Waals surface area contributed by atoms with Gasteiger partial charge in [-0.15, -0.1) is 10.2 Å². The fraction of sp³-hybridized carbons (Fsp3) is 0.200. The molecule has 0 aliphatic carbocycles. The molecular formula is C25H21ClF3N9O3. The summed E-state index contributed by atoms with van der Waals surface area (Å²) in [6, 6.07) is 14.2. The average Bonchev–Trinajstić information content (AvgIpc) is 3.65. The predicted octanol–water partition coefficient (Wildman–Crippen LogP) is 2.90. The zero-order valence-electron chi connectivity index (χ0n) is 21.2. The molecule has 0 spiro atoms. The van der Waals surface area contributed by atoms with Crippen LogP contribution in [-0.2, 0) is 20.1 Å². The molecule has 0 fully saturated rings. The monoisotopic (exact) mass is 587 g/mol. The number of aryl methyl sites for hydroxylation is 1. The van der Waals surface area contributed by atoms with E-state index in [2.05, 4.69) is 25.6 Å². The summed E-state index contributed by atoms with van der Waals surface area (Å²) in [6.45, 7) is -1.37. The minimum Gasteiger partial charge on any atom is -0.382 e. The number of hydrogen-bond donors (Lipinski definition) is 2. The molecule has 2 aromatic carbocycles. The fourth-order valence-electron chi connectivity index (χ4n) is 3.96. The van der Waals surface area contributed by atoms with Crippen molar-refractivity contribution in [2.75, 3.05) is 5.32 Å². The molecule has 16 heteroatoms. The Balaban J connectivity index is 1.45. The number of anilines is 1. The Kier molecular flexibility index (Phi) is 7.47. The van der Waals surface area contributed by atoms with Crippen molar-refractivity contribution < 1.29 is 23.1 Å². The lowest BCUT2D eigenvalue weighted by molar-refractivity contribution is -0.207. The van der Waals surface area contributed by atoms with Gasteiger partial charge in [-0.2, -0.15) is 18.3 Å². The van der Waals surface area contributed by atoms with Crippen molar-refractivity contribution >= 4 is 23.3 Å². The highest BCUT2D eigenvalue weighted by atomic mass is 35.5. The first-order valence-corrected chi connectivity index (χ1v) is 12.4. The first-order chi connectivity index (χ1) is 19.5. The Morgan fingerprint density at radius 1 is 1.10 bits per heavy atom. The van der Waals surface area contributed by atoms with E-state index in [1.54, 1.807) is 37.4 Å². The van der Waals surface area contributed by atoms with Crippen LogP contribution in [0.25, 0.3) is 17.1 Å². The number of benzene rings is 2. The van der Waals surface area contributed by atoms with Crippen LogP contribution in [0.4, 0.5) is 19.0 Å². The fourth-order valence-corrected chi connectivity index (χ4v) is 4.09. The highest BCUT2D eigenvalue weighted by molar-refractivity contribution is 6.30. The van der Waals surface area contributed by atoms with Gasteiger partial charge in [0.05, 0.1) is 24.0 Å². The SMILES string of the molecule is Cn1nccc1NC(=O)c1ccccc1-n1cnc(Cn2nc(-c3ccc(Cl)cc3)n(CC(O)C(F)(F)F)c2=O)n1. The Morgan fingerprint density at radius 2 is 1.83 bits per heavy atom. The van der Waals surface area contributed by atoms with Gasteiger partial charge in [0.1, 0.15) is 18.7 Å². The second-order valence-corrected chi connectivity index (χ2v) is 9.29. The third kappa shape index (κ3) is 5.90. The zero-order chi connectivity index (χ0) is 29.3. The van der Waals surface area contributed by atoms with Crippen LogP contribution in [0, 0.1) is 0 Å². The van der Waals surface area contributed by atoms with Gasteiger partial charge in [-0.05, 0) is 36.4 Å². The number of nitrogens with zero attached hydrogens (tertiary/aromatic N) is 8. The van der Waals surface area contributed by atoms with Crippen molar-refractivity contribution in [1.82, 2.24) is 38.9 Å². The van der Waals surface area contributed by atoms with E-state index in [-0.39, 0.29) is 23.8 Å². The van der Waals surface area contributed by atoms with Crippen molar-refractivity contribution in [3.8, 4) is 17.1 Å². The molecule has 2 N–H and O–H groups in total. The third-order valence-electron chi connectivity index (χ3n) is 6.05. The van der Waals surface area contributed by atoms with Gasteiger partial charge in [0.25, 0.3) is 5.91 Å². The number of halogens is 4. The quantitative estimate of drug-likeness (QED) is 0.285. The number of carbonyl (C=O) groups excluding carboxylic acids is 1. The number of hydrogen-bond acceptors (Lipinski definition) is 7. The average molecular weight is 588 g/mol. The van der Waals surface area contributed by atoms with E-state index in [4.69, 9.17) is 11.6 Å². The number of alkyl halides is 3. The molecule has 5 aromatic rings. The van der Waals surface area contributed by atoms with Gasteiger partial charge in [0.15, 0.2) is 17.8 Å². The number of aromatic nitrogens is 8. The van der Waals surface area contributed by atoms with Gasteiger partial charge < -0.3 is 10.4 Å². The van der Waals surface area contributed by atoms with E-state index < -0.39 is 30.4 Å². The van der Waals surface area contributed by atoms with Crippen LogP contribution < -0.4 is 11.0 Å². The highest BCUT2D eigenvalue weighted by Gasteiger charge is 2.39. The molecule has 0 radical (unpaired) electrons. The van der Waals surface area contributed by atoms with Crippen LogP contribution in [0.15, 0.2) is 71.9 Å². The van der Waals surface area contributed by atoms with Gasteiger partial charge in [-0.3, -0.25) is 14.0 Å². The number of aliphatic hydroxyl groups excluding tert-OH is 1. The van der Waals surface area contributed by atoms with Gasteiger partial charge >= 0.3 is 11.9 Å². The van der Waals surface area contributed by atoms with Crippen molar-refractivity contribution in [1.29, 1.82) is 0 Å². The molecule has 3 aromatic heterocycles. The lowest BCUT2D eigenvalue weighted by Crippen LogP contribution is -2.37. The van der Waals surface area contributed by atoms with E-state index in [0.29, 0.717) is 22.1 Å². The van der Waals surface area contributed by atoms with Gasteiger partial charge in [0, 0.05) is 23.7 Å². The van der Waals surface area contributed by atoms with Gasteiger partial charge in [-0.1, -0.05) is 23.7 Å². The zero-order valence-corrected chi connectivity index (χ0v) is 22.0. The molecular weight excluding hydrogens is 567 g/mol. The molecule has 0 saturated heterocycles. The van der Waals surface area contributed by atoms with Crippen molar-refractivity contribution in [3.05, 3.63) is 94.0 Å². The number of nitrogens with one attached hydrogen (secondary N) is 1. The molecule has 0 aliphatic heterocycles. The van der Waals surface area contributed by atoms with E-state index >= 15 is 0 Å². The van der Waals surface area contributed by atoms with E-state index in [0.717, 1.165) is 9.25 Å². The minimum absolute atomic E-state index is 0.0950. The molecule has 12 nitrogen and oxygen atoms in total. The van der Waals surface area contributed by atoms with E-state index in [9.17, 15) is 27.9 Å². The first kappa shape index (κ1) is 27.8. The molecule has 41 heavy (non-hydrogen) atoms. The van der Waals surface area contributed by atoms with Crippen molar-refractivity contribution in [2.24, 2.45) is 7.05 Å². The minimum atomic E-state index is -4.95. The smallest absolute Gasteiger partial charge is 0.382 e. The standard InChI is InChI=1S/C25H21ClF3N9O3/c1-35-21(10-11-31-35)32-23(40)17-4-2-3-5-18(17)38-14-30-20(33-38)13-37-24(41)36(12-19(39)25(27,28)29)22(34-37)15-6-8-16(26)9-7-15/h2-11,14,19,39H,12-13H2,1H3,(H,32,40). The Bertz CT molecular complexity index is 1760. The lowest BCUT2D eigenvalue weighted by Gasteiger charge is -2.15. The van der Waals surface area contributed by atoms with Gasteiger partial charge in [0.2, 0.25) is 0 Å². The predicted molar refractivity (Wildman–Crippen MR) is 141 cm³/mol. The van der Waals surface area contributed by atoms with Crippen LogP contribution in [0.2, 0.25) is 5.02 Å². The van der Waals surface area contributed by atoms with Crippen LogP contribution >= 0.6 is 11.6 Å².